The molecule has 0 aromatic carbocycles. The van der Waals surface area contributed by atoms with Crippen molar-refractivity contribution < 1.29 is 29.0 Å². The van der Waals surface area contributed by atoms with Gasteiger partial charge in [0.15, 0.2) is 12.4 Å². The predicted molar refractivity (Wildman–Crippen MR) is 70.8 cm³/mol. The van der Waals surface area contributed by atoms with Gasteiger partial charge in [0.25, 0.3) is 0 Å². The molecule has 1 aromatic rings. The summed E-state index contributed by atoms with van der Waals surface area (Å²) in [6, 6.07) is -0.0827. The topological polar surface area (TPSA) is 126 Å². The summed E-state index contributed by atoms with van der Waals surface area (Å²) in [5.74, 6) is -1.94. The first-order valence-electron chi connectivity index (χ1n) is 6.32. The molecule has 8 heteroatoms. The Labute approximate surface area is 120 Å². The second kappa shape index (κ2) is 7.32. The molecule has 21 heavy (non-hydrogen) atoms. The van der Waals surface area contributed by atoms with Gasteiger partial charge in [0, 0.05) is 6.07 Å². The monoisotopic (exact) mass is 299 g/mol. The van der Waals surface area contributed by atoms with Crippen LogP contribution in [0.2, 0.25) is 0 Å². The standard InChI is InChI=1S/C13H17NO7/c1-3-7(2)11(12(17)18)14-13(19)21-5-8-4-9(15)10(16)6-20-8/h4,6-7,11,16H,3,5H2,1-2H3,(H,14,19)(H,17,18)/t7-,11-/m0/s1. The summed E-state index contributed by atoms with van der Waals surface area (Å²) < 4.78 is 9.61. The molecule has 0 radical (unpaired) electrons. The number of amides is 1. The molecule has 1 rings (SSSR count). The van der Waals surface area contributed by atoms with Crippen LogP contribution in [0.15, 0.2) is 21.5 Å². The Bertz CT molecular complexity index is 566. The van der Waals surface area contributed by atoms with E-state index in [1.807, 2.05) is 0 Å². The SMILES string of the molecule is CC[C@H](C)[C@H](NC(=O)OCc1cc(=O)c(O)co1)C(=O)O. The van der Waals surface area contributed by atoms with E-state index in [1.54, 1.807) is 13.8 Å². The number of alkyl carbamates (subject to hydrolysis) is 1. The maximum atomic E-state index is 11.5. The van der Waals surface area contributed by atoms with Crippen molar-refractivity contribution in [1.82, 2.24) is 5.32 Å². The number of ether oxygens (including phenoxy) is 1. The molecule has 8 nitrogen and oxygen atoms in total. The third-order valence-electron chi connectivity index (χ3n) is 2.96. The van der Waals surface area contributed by atoms with Crippen LogP contribution in [0.5, 0.6) is 5.75 Å². The van der Waals surface area contributed by atoms with Gasteiger partial charge in [-0.15, -0.1) is 0 Å². The Morgan fingerprint density at radius 2 is 2.14 bits per heavy atom. The van der Waals surface area contributed by atoms with E-state index in [0.717, 1.165) is 12.3 Å². The van der Waals surface area contributed by atoms with Gasteiger partial charge in [-0.3, -0.25) is 4.79 Å². The predicted octanol–water partition coefficient (Wildman–Crippen LogP) is 1.07. The summed E-state index contributed by atoms with van der Waals surface area (Å²) in [4.78, 5) is 33.7. The molecule has 2 atom stereocenters. The minimum Gasteiger partial charge on any atom is -0.502 e. The molecule has 1 amide bonds. The lowest BCUT2D eigenvalue weighted by Crippen LogP contribution is -2.45. The number of rotatable bonds is 6. The van der Waals surface area contributed by atoms with Crippen LogP contribution in [0.1, 0.15) is 26.0 Å². The quantitative estimate of drug-likeness (QED) is 0.717. The fourth-order valence-electron chi connectivity index (χ4n) is 1.51. The normalized spacial score (nSPS) is 13.2. The molecule has 0 bridgehead atoms. The van der Waals surface area contributed by atoms with Crippen LogP contribution in [0.4, 0.5) is 4.79 Å². The minimum atomic E-state index is -1.16. The van der Waals surface area contributed by atoms with Gasteiger partial charge in [-0.1, -0.05) is 20.3 Å². The Kier molecular flexibility index (Phi) is 5.77. The summed E-state index contributed by atoms with van der Waals surface area (Å²) in [5.41, 5.74) is -0.664. The summed E-state index contributed by atoms with van der Waals surface area (Å²) in [7, 11) is 0. The minimum absolute atomic E-state index is 0.0309. The molecular weight excluding hydrogens is 282 g/mol. The van der Waals surface area contributed by atoms with Crippen molar-refractivity contribution in [2.45, 2.75) is 32.9 Å². The molecule has 0 aliphatic carbocycles. The van der Waals surface area contributed by atoms with E-state index in [0.29, 0.717) is 6.42 Å². The summed E-state index contributed by atoms with van der Waals surface area (Å²) in [6.07, 6.45) is 0.473. The van der Waals surface area contributed by atoms with Crippen LogP contribution in [-0.4, -0.2) is 28.3 Å². The fraction of sp³-hybridized carbons (Fsp3) is 0.462. The number of carbonyl (C=O) groups is 2. The van der Waals surface area contributed by atoms with Crippen LogP contribution >= 0.6 is 0 Å². The van der Waals surface area contributed by atoms with Crippen molar-refractivity contribution in [3.63, 3.8) is 0 Å². The molecule has 3 N–H and O–H groups in total. The van der Waals surface area contributed by atoms with Gasteiger partial charge >= 0.3 is 12.1 Å². The molecular formula is C13H17NO7. The second-order valence-corrected chi connectivity index (χ2v) is 4.52. The van der Waals surface area contributed by atoms with Crippen LogP contribution < -0.4 is 10.7 Å². The Morgan fingerprint density at radius 3 is 2.67 bits per heavy atom. The van der Waals surface area contributed by atoms with E-state index in [-0.39, 0.29) is 18.3 Å². The molecule has 116 valence electrons. The van der Waals surface area contributed by atoms with Gasteiger partial charge in [0.05, 0.1) is 0 Å². The van der Waals surface area contributed by atoms with E-state index >= 15 is 0 Å². The lowest BCUT2D eigenvalue weighted by molar-refractivity contribution is -0.140. The number of carboxylic acids is 1. The van der Waals surface area contributed by atoms with E-state index in [1.165, 1.54) is 0 Å². The summed E-state index contributed by atoms with van der Waals surface area (Å²) >= 11 is 0. The van der Waals surface area contributed by atoms with Gasteiger partial charge in [0.1, 0.15) is 18.1 Å². The van der Waals surface area contributed by atoms with Gasteiger partial charge in [-0.05, 0) is 5.92 Å². The van der Waals surface area contributed by atoms with Gasteiger partial charge < -0.3 is 24.7 Å². The zero-order valence-corrected chi connectivity index (χ0v) is 11.7. The van der Waals surface area contributed by atoms with Crippen molar-refractivity contribution in [3.05, 3.63) is 28.3 Å². The van der Waals surface area contributed by atoms with E-state index in [9.17, 15) is 14.4 Å². The molecule has 1 aromatic heterocycles. The highest BCUT2D eigenvalue weighted by Crippen LogP contribution is 2.09. The maximum absolute atomic E-state index is 11.5. The number of aromatic hydroxyl groups is 1. The Hall–Kier alpha value is -2.51. The lowest BCUT2D eigenvalue weighted by atomic mass is 10.00. The molecule has 0 fully saturated rings. The largest absolute Gasteiger partial charge is 0.502 e. The van der Waals surface area contributed by atoms with E-state index in [2.05, 4.69) is 5.32 Å². The number of hydrogen-bond donors (Lipinski definition) is 3. The highest BCUT2D eigenvalue weighted by Gasteiger charge is 2.25. The molecule has 0 saturated heterocycles. The molecule has 0 saturated carbocycles. The van der Waals surface area contributed by atoms with E-state index < -0.39 is 29.3 Å². The summed E-state index contributed by atoms with van der Waals surface area (Å²) in [5, 5.41) is 20.2. The third-order valence-corrected chi connectivity index (χ3v) is 2.96. The number of aliphatic carboxylic acids is 1. The van der Waals surface area contributed by atoms with E-state index in [4.69, 9.17) is 19.4 Å². The molecule has 0 aliphatic heterocycles. The zero-order valence-electron chi connectivity index (χ0n) is 11.7. The Balaban J connectivity index is 2.58. The fourth-order valence-corrected chi connectivity index (χ4v) is 1.51. The van der Waals surface area contributed by atoms with Crippen LogP contribution in [0, 0.1) is 5.92 Å². The van der Waals surface area contributed by atoms with Crippen molar-refractivity contribution in [1.29, 1.82) is 0 Å². The van der Waals surface area contributed by atoms with Crippen molar-refractivity contribution >= 4 is 12.1 Å². The molecule has 0 spiro atoms. The second-order valence-electron chi connectivity index (χ2n) is 4.52. The number of nitrogens with one attached hydrogen (secondary N) is 1. The average Bonchev–Trinajstić information content (AvgIpc) is 2.44. The first-order chi connectivity index (χ1) is 9.85. The number of hydrogen-bond acceptors (Lipinski definition) is 6. The van der Waals surface area contributed by atoms with Gasteiger partial charge in [0.2, 0.25) is 5.43 Å². The van der Waals surface area contributed by atoms with Crippen LogP contribution in [0.3, 0.4) is 0 Å². The first-order valence-corrected chi connectivity index (χ1v) is 6.32. The smallest absolute Gasteiger partial charge is 0.408 e. The van der Waals surface area contributed by atoms with Crippen molar-refractivity contribution in [3.8, 4) is 5.75 Å². The molecule has 1 heterocycles. The van der Waals surface area contributed by atoms with Crippen molar-refractivity contribution in [2.24, 2.45) is 5.92 Å². The molecule has 0 aliphatic rings. The Morgan fingerprint density at radius 1 is 1.48 bits per heavy atom. The highest BCUT2D eigenvalue weighted by molar-refractivity contribution is 5.80. The number of carbonyl (C=O) groups excluding carboxylic acids is 1. The zero-order chi connectivity index (χ0) is 16.0. The number of carboxylic acid groups (broad SMARTS) is 1. The van der Waals surface area contributed by atoms with Crippen LogP contribution in [0.25, 0.3) is 0 Å². The maximum Gasteiger partial charge on any atom is 0.408 e. The first kappa shape index (κ1) is 16.5. The third kappa shape index (κ3) is 4.83. The van der Waals surface area contributed by atoms with Crippen LogP contribution in [-0.2, 0) is 16.1 Å². The average molecular weight is 299 g/mol. The lowest BCUT2D eigenvalue weighted by Gasteiger charge is -2.19. The summed E-state index contributed by atoms with van der Waals surface area (Å²) in [6.45, 7) is 3.14. The van der Waals surface area contributed by atoms with Crippen molar-refractivity contribution in [2.75, 3.05) is 0 Å². The molecule has 0 unspecified atom stereocenters. The van der Waals surface area contributed by atoms with Gasteiger partial charge in [-0.2, -0.15) is 0 Å². The highest BCUT2D eigenvalue weighted by atomic mass is 16.6. The van der Waals surface area contributed by atoms with Gasteiger partial charge in [-0.25, -0.2) is 9.59 Å².